The predicted octanol–water partition coefficient (Wildman–Crippen LogP) is 2.36. The van der Waals surface area contributed by atoms with Gasteiger partial charge in [0.05, 0.1) is 5.92 Å². The highest BCUT2D eigenvalue weighted by Gasteiger charge is 2.50. The van der Waals surface area contributed by atoms with Crippen molar-refractivity contribution in [1.29, 1.82) is 0 Å². The summed E-state index contributed by atoms with van der Waals surface area (Å²) in [6.45, 7) is 11.9. The first-order valence-corrected chi connectivity index (χ1v) is 10.3. The molecule has 0 aliphatic heterocycles. The molecule has 5 N–H and O–H groups in total. The molecule has 0 saturated heterocycles. The highest BCUT2D eigenvalue weighted by Crippen LogP contribution is 2.51. The van der Waals surface area contributed by atoms with Crippen LogP contribution in [0.25, 0.3) is 0 Å². The first-order valence-electron chi connectivity index (χ1n) is 9.62. The average molecular weight is 384 g/mol. The third kappa shape index (κ3) is 6.02. The second-order valence-corrected chi connectivity index (χ2v) is 8.89. The maximum absolute atomic E-state index is 12.7. The third-order valence-corrected chi connectivity index (χ3v) is 6.11. The molecule has 0 heterocycles. The molecule has 150 valence electrons. The van der Waals surface area contributed by atoms with Crippen LogP contribution in [-0.4, -0.2) is 29.7 Å². The van der Waals surface area contributed by atoms with E-state index < -0.39 is 12.0 Å². The van der Waals surface area contributed by atoms with Crippen LogP contribution in [-0.2, 0) is 9.59 Å². The van der Waals surface area contributed by atoms with Crippen LogP contribution in [0.2, 0.25) is 0 Å². The topological polar surface area (TPSA) is 98.2 Å². The molecule has 1 aliphatic rings. The smallest absolute Gasteiger partial charge is 0.228 e. The fourth-order valence-corrected chi connectivity index (χ4v) is 4.24. The summed E-state index contributed by atoms with van der Waals surface area (Å²) < 4.78 is 0. The summed E-state index contributed by atoms with van der Waals surface area (Å²) in [7, 11) is 0. The number of allylic oxidation sites excluding steroid dienone is 1. The standard InChI is InChI=1S/C20H37N3O2S/c1-10(2)7-16(20(25)23-11(3)4)18(21)13(6)17(19(22)24)15-8-14(15)12(5)9-26/h7,11-18,26H,8-9,21H2,1-6H3,(H2,22,24)(H,23,25). The van der Waals surface area contributed by atoms with Crippen LogP contribution in [0.4, 0.5) is 0 Å². The van der Waals surface area contributed by atoms with Gasteiger partial charge in [-0.1, -0.05) is 25.5 Å². The molecule has 6 heteroatoms. The molecule has 26 heavy (non-hydrogen) atoms. The summed E-state index contributed by atoms with van der Waals surface area (Å²) in [5, 5.41) is 2.94. The minimum Gasteiger partial charge on any atom is -0.369 e. The highest BCUT2D eigenvalue weighted by atomic mass is 32.1. The van der Waals surface area contributed by atoms with E-state index in [2.05, 4.69) is 24.9 Å². The second kappa shape index (κ2) is 9.79. The molecule has 7 atom stereocenters. The molecule has 1 fully saturated rings. The van der Waals surface area contributed by atoms with E-state index in [1.165, 1.54) is 0 Å². The molecule has 1 saturated carbocycles. The first-order chi connectivity index (χ1) is 12.0. The number of nitrogens with one attached hydrogen (secondary N) is 1. The zero-order valence-electron chi connectivity index (χ0n) is 17.0. The van der Waals surface area contributed by atoms with E-state index in [9.17, 15) is 9.59 Å². The van der Waals surface area contributed by atoms with Gasteiger partial charge in [0.15, 0.2) is 0 Å². The molecule has 0 bridgehead atoms. The molecule has 2 amide bonds. The normalized spacial score (nSPS) is 25.0. The second-order valence-electron chi connectivity index (χ2n) is 8.52. The largest absolute Gasteiger partial charge is 0.369 e. The van der Waals surface area contributed by atoms with Gasteiger partial charge in [-0.25, -0.2) is 0 Å². The monoisotopic (exact) mass is 383 g/mol. The van der Waals surface area contributed by atoms with Gasteiger partial charge in [-0.05, 0) is 63.5 Å². The fourth-order valence-electron chi connectivity index (χ4n) is 3.97. The van der Waals surface area contributed by atoms with Crippen LogP contribution in [0.1, 0.15) is 48.0 Å². The van der Waals surface area contributed by atoms with E-state index in [0.29, 0.717) is 11.8 Å². The van der Waals surface area contributed by atoms with Crippen LogP contribution < -0.4 is 16.8 Å². The Morgan fingerprint density at radius 2 is 1.77 bits per heavy atom. The van der Waals surface area contributed by atoms with Gasteiger partial charge in [0.2, 0.25) is 11.8 Å². The number of primary amides is 1. The van der Waals surface area contributed by atoms with Crippen molar-refractivity contribution >= 4 is 24.4 Å². The highest BCUT2D eigenvalue weighted by molar-refractivity contribution is 7.80. The SMILES string of the molecule is CC(C)=CC(C(=O)NC(C)C)C(N)C(C)C(C(N)=O)C1CC1C(C)CS. The van der Waals surface area contributed by atoms with Crippen molar-refractivity contribution in [1.82, 2.24) is 5.32 Å². The quantitative estimate of drug-likeness (QED) is 0.344. The van der Waals surface area contributed by atoms with Gasteiger partial charge in [0, 0.05) is 18.0 Å². The summed E-state index contributed by atoms with van der Waals surface area (Å²) in [4.78, 5) is 24.9. The maximum Gasteiger partial charge on any atom is 0.228 e. The lowest BCUT2D eigenvalue weighted by molar-refractivity contribution is -0.128. The van der Waals surface area contributed by atoms with Crippen molar-refractivity contribution < 1.29 is 9.59 Å². The first kappa shape index (κ1) is 23.0. The van der Waals surface area contributed by atoms with E-state index in [0.717, 1.165) is 17.7 Å². The Bertz CT molecular complexity index is 531. The molecule has 0 aromatic carbocycles. The minimum atomic E-state index is -0.473. The number of rotatable bonds is 10. The molecule has 0 aromatic heterocycles. The van der Waals surface area contributed by atoms with Crippen molar-refractivity contribution in [3.05, 3.63) is 11.6 Å². The van der Waals surface area contributed by atoms with E-state index >= 15 is 0 Å². The average Bonchev–Trinajstić information content (AvgIpc) is 3.30. The Hall–Kier alpha value is -1.01. The van der Waals surface area contributed by atoms with Crippen molar-refractivity contribution in [2.45, 2.75) is 60.0 Å². The molecule has 5 nitrogen and oxygen atoms in total. The number of amides is 2. The Kier molecular flexibility index (Phi) is 8.67. The van der Waals surface area contributed by atoms with E-state index in [1.54, 1.807) is 0 Å². The summed E-state index contributed by atoms with van der Waals surface area (Å²) in [6.07, 6.45) is 2.88. The van der Waals surface area contributed by atoms with Crippen LogP contribution >= 0.6 is 12.6 Å². The van der Waals surface area contributed by atoms with Crippen LogP contribution in [0, 0.1) is 35.5 Å². The minimum absolute atomic E-state index is 0.0362. The molecular formula is C20H37N3O2S. The van der Waals surface area contributed by atoms with Gasteiger partial charge in [-0.2, -0.15) is 12.6 Å². The molecule has 1 aliphatic carbocycles. The number of carbonyl (C=O) groups excluding carboxylic acids is 2. The van der Waals surface area contributed by atoms with Gasteiger partial charge >= 0.3 is 0 Å². The molecule has 0 spiro atoms. The van der Waals surface area contributed by atoms with Crippen molar-refractivity contribution in [2.24, 2.45) is 47.0 Å². The molecule has 0 aromatic rings. The lowest BCUT2D eigenvalue weighted by Crippen LogP contribution is -2.50. The Balaban J connectivity index is 3.00. The van der Waals surface area contributed by atoms with Crippen molar-refractivity contribution in [2.75, 3.05) is 5.75 Å². The summed E-state index contributed by atoms with van der Waals surface area (Å²) in [5.74, 6) is 0.592. The van der Waals surface area contributed by atoms with Crippen molar-refractivity contribution in [3.63, 3.8) is 0 Å². The molecular weight excluding hydrogens is 346 g/mol. The van der Waals surface area contributed by atoms with E-state index in [1.807, 2.05) is 40.7 Å². The number of thiol groups is 1. The lowest BCUT2D eigenvalue weighted by Gasteiger charge is -2.32. The van der Waals surface area contributed by atoms with Gasteiger partial charge < -0.3 is 16.8 Å². The maximum atomic E-state index is 12.7. The number of hydrogen-bond acceptors (Lipinski definition) is 4. The zero-order chi connectivity index (χ0) is 20.2. The number of hydrogen-bond donors (Lipinski definition) is 4. The Morgan fingerprint density at radius 3 is 2.19 bits per heavy atom. The Morgan fingerprint density at radius 1 is 1.19 bits per heavy atom. The number of carbonyl (C=O) groups is 2. The van der Waals surface area contributed by atoms with Gasteiger partial charge in [0.25, 0.3) is 0 Å². The lowest BCUT2D eigenvalue weighted by atomic mass is 9.77. The number of nitrogens with two attached hydrogens (primary N) is 2. The van der Waals surface area contributed by atoms with Gasteiger partial charge in [-0.3, -0.25) is 9.59 Å². The zero-order valence-corrected chi connectivity index (χ0v) is 17.9. The predicted molar refractivity (Wildman–Crippen MR) is 111 cm³/mol. The van der Waals surface area contributed by atoms with Gasteiger partial charge in [0.1, 0.15) is 0 Å². The molecule has 0 radical (unpaired) electrons. The van der Waals surface area contributed by atoms with E-state index in [-0.39, 0.29) is 35.6 Å². The summed E-state index contributed by atoms with van der Waals surface area (Å²) in [5.41, 5.74) is 13.3. The van der Waals surface area contributed by atoms with E-state index in [4.69, 9.17) is 11.5 Å². The van der Waals surface area contributed by atoms with Gasteiger partial charge in [-0.15, -0.1) is 0 Å². The van der Waals surface area contributed by atoms with Crippen LogP contribution in [0.5, 0.6) is 0 Å². The Labute approximate surface area is 164 Å². The third-order valence-electron chi connectivity index (χ3n) is 5.53. The van der Waals surface area contributed by atoms with Crippen molar-refractivity contribution in [3.8, 4) is 0 Å². The van der Waals surface area contributed by atoms with Crippen LogP contribution in [0.3, 0.4) is 0 Å². The molecule has 7 unspecified atom stereocenters. The fraction of sp³-hybridized carbons (Fsp3) is 0.800. The van der Waals surface area contributed by atoms with Crippen LogP contribution in [0.15, 0.2) is 11.6 Å². The summed E-state index contributed by atoms with van der Waals surface area (Å²) >= 11 is 4.38. The summed E-state index contributed by atoms with van der Waals surface area (Å²) in [6, 6.07) is -0.428. The molecule has 1 rings (SSSR count).